The summed E-state index contributed by atoms with van der Waals surface area (Å²) in [5, 5.41) is 2.78. The number of rotatable bonds is 8. The maximum atomic E-state index is 13.0. The van der Waals surface area contributed by atoms with Gasteiger partial charge in [-0.05, 0) is 49.4 Å². The summed E-state index contributed by atoms with van der Waals surface area (Å²) in [5.74, 6) is -1.10. The molecule has 0 radical (unpaired) electrons. The number of aryl methyl sites for hydroxylation is 1. The van der Waals surface area contributed by atoms with E-state index in [4.69, 9.17) is 4.74 Å². The van der Waals surface area contributed by atoms with Gasteiger partial charge in [0.15, 0.2) is 6.10 Å². The van der Waals surface area contributed by atoms with Crippen LogP contribution in [0, 0.1) is 6.92 Å². The lowest BCUT2D eigenvalue weighted by atomic mass is 10.1. The number of benzene rings is 2. The Hall–Kier alpha value is -2.71. The zero-order valence-electron chi connectivity index (χ0n) is 18.5. The van der Waals surface area contributed by atoms with Crippen molar-refractivity contribution in [2.24, 2.45) is 0 Å². The van der Waals surface area contributed by atoms with Crippen LogP contribution in [0.5, 0.6) is 0 Å². The number of hydrogen-bond donors (Lipinski definition) is 1. The van der Waals surface area contributed by atoms with Crippen LogP contribution in [-0.2, 0) is 26.1 Å². The monoisotopic (exact) mass is 458 g/mol. The van der Waals surface area contributed by atoms with Gasteiger partial charge in [0.1, 0.15) is 0 Å². The minimum atomic E-state index is -3.68. The van der Waals surface area contributed by atoms with Gasteiger partial charge in [0.2, 0.25) is 10.0 Å². The fourth-order valence-corrected chi connectivity index (χ4v) is 5.19. The number of carbonyl (C=O) groups is 2. The van der Waals surface area contributed by atoms with E-state index in [1.165, 1.54) is 16.4 Å². The van der Waals surface area contributed by atoms with Crippen LogP contribution in [0.1, 0.15) is 54.1 Å². The quantitative estimate of drug-likeness (QED) is 0.612. The Morgan fingerprint density at radius 2 is 1.75 bits per heavy atom. The Labute approximate surface area is 189 Å². The summed E-state index contributed by atoms with van der Waals surface area (Å²) in [6.45, 7) is 4.76. The van der Waals surface area contributed by atoms with Gasteiger partial charge in [0.05, 0.1) is 10.5 Å². The van der Waals surface area contributed by atoms with Crippen molar-refractivity contribution in [1.29, 1.82) is 0 Å². The van der Waals surface area contributed by atoms with E-state index in [0.29, 0.717) is 31.6 Å². The first-order valence-electron chi connectivity index (χ1n) is 11.0. The molecule has 0 saturated carbocycles. The highest BCUT2D eigenvalue weighted by Gasteiger charge is 2.28. The van der Waals surface area contributed by atoms with Gasteiger partial charge < -0.3 is 10.1 Å². The number of piperidine rings is 1. The van der Waals surface area contributed by atoms with E-state index in [2.05, 4.69) is 5.32 Å². The molecule has 7 nitrogen and oxygen atoms in total. The lowest BCUT2D eigenvalue weighted by Gasteiger charge is -2.26. The third kappa shape index (κ3) is 5.75. The minimum absolute atomic E-state index is 0.0681. The third-order valence-corrected chi connectivity index (χ3v) is 7.50. The SMILES string of the molecule is CCC(OC(=O)c1cc(S(=O)(=O)N2CCCCC2)ccc1C)C(=O)NCc1ccccc1. The first-order chi connectivity index (χ1) is 15.3. The molecule has 1 fully saturated rings. The van der Waals surface area contributed by atoms with E-state index >= 15 is 0 Å². The van der Waals surface area contributed by atoms with Crippen molar-refractivity contribution < 1.29 is 22.7 Å². The maximum Gasteiger partial charge on any atom is 0.339 e. The number of nitrogens with zero attached hydrogens (tertiary/aromatic N) is 1. The van der Waals surface area contributed by atoms with Crippen molar-refractivity contribution in [3.05, 3.63) is 65.2 Å². The molecule has 0 aromatic heterocycles. The van der Waals surface area contributed by atoms with Crippen LogP contribution < -0.4 is 5.32 Å². The van der Waals surface area contributed by atoms with Gasteiger partial charge in [0, 0.05) is 19.6 Å². The summed E-state index contributed by atoms with van der Waals surface area (Å²) in [4.78, 5) is 25.5. The van der Waals surface area contributed by atoms with Crippen molar-refractivity contribution in [2.45, 2.75) is 57.1 Å². The Bertz CT molecular complexity index is 1050. The number of amides is 1. The molecule has 3 rings (SSSR count). The summed E-state index contributed by atoms with van der Waals surface area (Å²) in [6, 6.07) is 13.9. The minimum Gasteiger partial charge on any atom is -0.449 e. The lowest BCUT2D eigenvalue weighted by molar-refractivity contribution is -0.130. The number of carbonyl (C=O) groups excluding carboxylic acids is 2. The second kappa shape index (κ2) is 10.7. The van der Waals surface area contributed by atoms with E-state index in [1.807, 2.05) is 30.3 Å². The van der Waals surface area contributed by atoms with Crippen LogP contribution in [-0.4, -0.2) is 43.8 Å². The maximum absolute atomic E-state index is 13.0. The highest BCUT2D eigenvalue weighted by atomic mass is 32.2. The zero-order chi connectivity index (χ0) is 23.1. The second-order valence-electron chi connectivity index (χ2n) is 7.95. The van der Waals surface area contributed by atoms with Crippen molar-refractivity contribution in [3.8, 4) is 0 Å². The smallest absolute Gasteiger partial charge is 0.339 e. The first-order valence-corrected chi connectivity index (χ1v) is 12.4. The predicted octanol–water partition coefficient (Wildman–Crippen LogP) is 3.42. The Morgan fingerprint density at radius 1 is 1.06 bits per heavy atom. The average molecular weight is 459 g/mol. The molecule has 1 aliphatic heterocycles. The van der Waals surface area contributed by atoms with Crippen molar-refractivity contribution in [2.75, 3.05) is 13.1 Å². The fraction of sp³-hybridized carbons (Fsp3) is 0.417. The highest BCUT2D eigenvalue weighted by Crippen LogP contribution is 2.23. The fourth-order valence-electron chi connectivity index (χ4n) is 3.65. The molecule has 1 amide bonds. The predicted molar refractivity (Wildman–Crippen MR) is 122 cm³/mol. The lowest BCUT2D eigenvalue weighted by Crippen LogP contribution is -2.37. The summed E-state index contributed by atoms with van der Waals surface area (Å²) in [7, 11) is -3.68. The van der Waals surface area contributed by atoms with E-state index < -0.39 is 22.1 Å². The number of nitrogens with one attached hydrogen (secondary N) is 1. The molecular weight excluding hydrogens is 428 g/mol. The van der Waals surface area contributed by atoms with E-state index in [1.54, 1.807) is 19.9 Å². The van der Waals surface area contributed by atoms with Crippen molar-refractivity contribution in [1.82, 2.24) is 9.62 Å². The van der Waals surface area contributed by atoms with Gasteiger partial charge in [-0.15, -0.1) is 0 Å². The molecule has 1 aliphatic rings. The van der Waals surface area contributed by atoms with E-state index in [9.17, 15) is 18.0 Å². The summed E-state index contributed by atoms with van der Waals surface area (Å²) >= 11 is 0. The Kier molecular flexibility index (Phi) is 8.04. The van der Waals surface area contributed by atoms with Crippen LogP contribution in [0.25, 0.3) is 0 Å². The molecule has 0 bridgehead atoms. The van der Waals surface area contributed by atoms with Gasteiger partial charge >= 0.3 is 5.97 Å². The number of sulfonamides is 1. The molecule has 1 saturated heterocycles. The van der Waals surface area contributed by atoms with Gasteiger partial charge in [-0.1, -0.05) is 49.7 Å². The summed E-state index contributed by atoms with van der Waals surface area (Å²) < 4.78 is 32.9. The molecule has 0 aliphatic carbocycles. The largest absolute Gasteiger partial charge is 0.449 e. The average Bonchev–Trinajstić information content (AvgIpc) is 2.82. The molecule has 2 aromatic carbocycles. The van der Waals surface area contributed by atoms with Crippen molar-refractivity contribution in [3.63, 3.8) is 0 Å². The zero-order valence-corrected chi connectivity index (χ0v) is 19.4. The molecule has 1 heterocycles. The third-order valence-electron chi connectivity index (χ3n) is 5.60. The normalized spacial score (nSPS) is 15.7. The number of hydrogen-bond acceptors (Lipinski definition) is 5. The molecule has 32 heavy (non-hydrogen) atoms. The molecule has 1 atom stereocenters. The summed E-state index contributed by atoms with van der Waals surface area (Å²) in [5.41, 5.74) is 1.68. The van der Waals surface area contributed by atoms with Gasteiger partial charge in [0.25, 0.3) is 5.91 Å². The molecular formula is C24H30N2O5S. The summed E-state index contributed by atoms with van der Waals surface area (Å²) in [6.07, 6.45) is 2.01. The van der Waals surface area contributed by atoms with Gasteiger partial charge in [-0.2, -0.15) is 4.31 Å². The number of esters is 1. The molecule has 2 aromatic rings. The van der Waals surface area contributed by atoms with Crippen LogP contribution in [0.4, 0.5) is 0 Å². The van der Waals surface area contributed by atoms with Crippen LogP contribution in [0.15, 0.2) is 53.4 Å². The molecule has 8 heteroatoms. The van der Waals surface area contributed by atoms with Crippen molar-refractivity contribution >= 4 is 21.9 Å². The Morgan fingerprint density at radius 3 is 2.41 bits per heavy atom. The Balaban J connectivity index is 1.71. The van der Waals surface area contributed by atoms with Gasteiger partial charge in [-0.25, -0.2) is 13.2 Å². The molecule has 0 spiro atoms. The highest BCUT2D eigenvalue weighted by molar-refractivity contribution is 7.89. The standard InChI is InChI=1S/C24H30N2O5S/c1-3-22(23(27)25-17-19-10-6-4-7-11-19)31-24(28)21-16-20(13-12-18(21)2)32(29,30)26-14-8-5-9-15-26/h4,6-7,10-13,16,22H,3,5,8-9,14-15,17H2,1-2H3,(H,25,27). The molecule has 172 valence electrons. The number of ether oxygens (including phenoxy) is 1. The van der Waals surface area contributed by atoms with Gasteiger partial charge in [-0.3, -0.25) is 4.79 Å². The second-order valence-corrected chi connectivity index (χ2v) is 9.89. The first kappa shape index (κ1) is 23.9. The van der Waals surface area contributed by atoms with E-state index in [0.717, 1.165) is 24.8 Å². The van der Waals surface area contributed by atoms with Crippen LogP contribution in [0.3, 0.4) is 0 Å². The van der Waals surface area contributed by atoms with Crippen LogP contribution >= 0.6 is 0 Å². The van der Waals surface area contributed by atoms with E-state index in [-0.39, 0.29) is 16.4 Å². The van der Waals surface area contributed by atoms with Crippen LogP contribution in [0.2, 0.25) is 0 Å². The molecule has 1 unspecified atom stereocenters. The topological polar surface area (TPSA) is 92.8 Å². The molecule has 1 N–H and O–H groups in total.